The lowest BCUT2D eigenvalue weighted by atomic mass is 11.0. The van der Waals surface area contributed by atoms with E-state index >= 15 is 0 Å². The molecule has 0 aliphatic carbocycles. The van der Waals surface area contributed by atoms with Crippen LogP contribution >= 0.6 is 0 Å². The summed E-state index contributed by atoms with van der Waals surface area (Å²) in [5.41, 5.74) is 0.184. The van der Waals surface area contributed by atoms with Gasteiger partial charge in [0, 0.05) is 12.4 Å². The van der Waals surface area contributed by atoms with Crippen LogP contribution in [0.1, 0.15) is 0 Å². The quantitative estimate of drug-likeness (QED) is 0.712. The van der Waals surface area contributed by atoms with E-state index in [2.05, 4.69) is 39.3 Å². The molecule has 0 spiro atoms. The molecule has 0 bridgehead atoms. The van der Waals surface area contributed by atoms with Crippen molar-refractivity contribution in [3.05, 3.63) is 22.9 Å². The molecule has 1 aromatic rings. The summed E-state index contributed by atoms with van der Waals surface area (Å²) in [4.78, 5) is 12.1. The van der Waals surface area contributed by atoms with Gasteiger partial charge in [0.05, 0.1) is 0 Å². The van der Waals surface area contributed by atoms with Crippen LogP contribution in [0.15, 0.2) is 17.2 Å². The van der Waals surface area contributed by atoms with Crippen LogP contribution in [0.5, 0.6) is 0 Å². The fourth-order valence-electron chi connectivity index (χ4n) is 1.40. The van der Waals surface area contributed by atoms with Crippen LogP contribution < -0.4 is 5.69 Å². The summed E-state index contributed by atoms with van der Waals surface area (Å²) >= 11 is 0. The molecule has 0 radical (unpaired) electrons. The first-order valence-electron chi connectivity index (χ1n) is 4.95. The van der Waals surface area contributed by atoms with Crippen molar-refractivity contribution in [1.29, 1.82) is 0 Å². The highest BCUT2D eigenvalue weighted by atomic mass is 28.3. The molecule has 80 valence electrons. The van der Waals surface area contributed by atoms with Gasteiger partial charge in [0.15, 0.2) is 16.5 Å². The third-order valence-corrected chi connectivity index (χ3v) is 5.79. The molecule has 5 heteroatoms. The Morgan fingerprint density at radius 2 is 1.14 bits per heavy atom. The molecule has 1 heterocycles. The van der Waals surface area contributed by atoms with Gasteiger partial charge in [0.2, 0.25) is 0 Å². The molecule has 0 amide bonds. The van der Waals surface area contributed by atoms with Crippen molar-refractivity contribution in [2.24, 2.45) is 0 Å². The van der Waals surface area contributed by atoms with Crippen LogP contribution in [0.4, 0.5) is 0 Å². The zero-order valence-electron chi connectivity index (χ0n) is 9.96. The van der Waals surface area contributed by atoms with Gasteiger partial charge in [0.1, 0.15) is 0 Å². The maximum absolute atomic E-state index is 12.1. The highest BCUT2D eigenvalue weighted by molar-refractivity contribution is 6.75. The van der Waals surface area contributed by atoms with Gasteiger partial charge in [-0.3, -0.25) is 0 Å². The van der Waals surface area contributed by atoms with Crippen LogP contribution in [0, 0.1) is 0 Å². The van der Waals surface area contributed by atoms with Crippen molar-refractivity contribution in [1.82, 2.24) is 8.47 Å². The van der Waals surface area contributed by atoms with Crippen LogP contribution in [-0.4, -0.2) is 24.9 Å². The zero-order chi connectivity index (χ0) is 11.1. The van der Waals surface area contributed by atoms with Gasteiger partial charge in [-0.2, -0.15) is 0 Å². The first kappa shape index (κ1) is 11.5. The van der Waals surface area contributed by atoms with Gasteiger partial charge in [0.25, 0.3) is 0 Å². The summed E-state index contributed by atoms with van der Waals surface area (Å²) in [6.45, 7) is 13.1. The van der Waals surface area contributed by atoms with Gasteiger partial charge >= 0.3 is 5.69 Å². The minimum Gasteiger partial charge on any atom is -0.328 e. The predicted molar refractivity (Wildman–Crippen MR) is 66.2 cm³/mol. The highest BCUT2D eigenvalue weighted by Crippen LogP contribution is 2.06. The monoisotopic (exact) mass is 228 g/mol. The van der Waals surface area contributed by atoms with Crippen molar-refractivity contribution in [3.63, 3.8) is 0 Å². The lowest BCUT2D eigenvalue weighted by molar-refractivity contribution is 0.975. The van der Waals surface area contributed by atoms with E-state index in [9.17, 15) is 4.79 Å². The minimum atomic E-state index is -1.53. The Morgan fingerprint density at radius 1 is 0.857 bits per heavy atom. The largest absolute Gasteiger partial charge is 0.328 e. The van der Waals surface area contributed by atoms with Gasteiger partial charge < -0.3 is 8.47 Å². The van der Waals surface area contributed by atoms with Crippen LogP contribution in [0.2, 0.25) is 39.3 Å². The number of rotatable bonds is 2. The molecular weight excluding hydrogens is 208 g/mol. The van der Waals surface area contributed by atoms with E-state index in [1.807, 2.05) is 20.9 Å². The van der Waals surface area contributed by atoms with Gasteiger partial charge in [-0.25, -0.2) is 4.79 Å². The van der Waals surface area contributed by atoms with Gasteiger partial charge in [-0.05, 0) is 0 Å². The van der Waals surface area contributed by atoms with Crippen molar-refractivity contribution in [2.75, 3.05) is 0 Å². The minimum absolute atomic E-state index is 0.184. The highest BCUT2D eigenvalue weighted by Gasteiger charge is 2.24. The molecule has 0 aliphatic heterocycles. The molecule has 0 N–H and O–H groups in total. The van der Waals surface area contributed by atoms with Gasteiger partial charge in [-0.1, -0.05) is 39.3 Å². The van der Waals surface area contributed by atoms with E-state index in [0.717, 1.165) is 0 Å². The molecule has 0 atom stereocenters. The predicted octanol–water partition coefficient (Wildman–Crippen LogP) is 2.02. The molecular formula is C9H20N2OSi2. The molecule has 0 aromatic carbocycles. The van der Waals surface area contributed by atoms with Gasteiger partial charge in [-0.15, -0.1) is 0 Å². The summed E-state index contributed by atoms with van der Waals surface area (Å²) in [7, 11) is -3.06. The molecule has 0 fully saturated rings. The van der Waals surface area contributed by atoms with Crippen molar-refractivity contribution in [3.8, 4) is 0 Å². The third-order valence-electron chi connectivity index (χ3n) is 2.22. The number of nitrogens with zero attached hydrogens (tertiary/aromatic N) is 2. The van der Waals surface area contributed by atoms with E-state index in [-0.39, 0.29) is 5.69 Å². The smallest absolute Gasteiger partial charge is 0.311 e. The Morgan fingerprint density at radius 3 is 1.29 bits per heavy atom. The second-order valence-corrected chi connectivity index (χ2v) is 15.3. The summed E-state index contributed by atoms with van der Waals surface area (Å²) in [5, 5.41) is 0. The maximum Gasteiger partial charge on any atom is 0.311 e. The molecule has 3 nitrogen and oxygen atoms in total. The molecule has 0 aliphatic rings. The summed E-state index contributed by atoms with van der Waals surface area (Å²) < 4.78 is 3.87. The Kier molecular flexibility index (Phi) is 2.66. The number of hydrogen-bond donors (Lipinski definition) is 0. The molecule has 0 saturated heterocycles. The van der Waals surface area contributed by atoms with E-state index in [4.69, 9.17) is 0 Å². The lowest BCUT2D eigenvalue weighted by Crippen LogP contribution is -2.46. The van der Waals surface area contributed by atoms with Crippen molar-refractivity contribution >= 4 is 16.5 Å². The van der Waals surface area contributed by atoms with Crippen LogP contribution in [0.3, 0.4) is 0 Å². The Labute approximate surface area is 87.6 Å². The van der Waals surface area contributed by atoms with E-state index in [1.165, 1.54) is 0 Å². The van der Waals surface area contributed by atoms with Crippen LogP contribution in [-0.2, 0) is 0 Å². The molecule has 1 aromatic heterocycles. The summed E-state index contributed by atoms with van der Waals surface area (Å²) in [6, 6.07) is 0. The number of aromatic nitrogens is 2. The Hall–Kier alpha value is -0.556. The van der Waals surface area contributed by atoms with E-state index < -0.39 is 16.5 Å². The maximum atomic E-state index is 12.1. The number of hydrogen-bond acceptors (Lipinski definition) is 1. The third kappa shape index (κ3) is 2.09. The second kappa shape index (κ2) is 3.24. The summed E-state index contributed by atoms with van der Waals surface area (Å²) in [6.07, 6.45) is 3.90. The van der Waals surface area contributed by atoms with E-state index in [1.54, 1.807) is 0 Å². The molecule has 0 saturated carbocycles. The SMILES string of the molecule is C[Si](C)(C)n1ccn([Si](C)(C)C)c1=O. The Balaban J connectivity index is 3.31. The fraction of sp³-hybridized carbons (Fsp3) is 0.667. The lowest BCUT2D eigenvalue weighted by Gasteiger charge is -2.19. The van der Waals surface area contributed by atoms with E-state index in [0.29, 0.717) is 0 Å². The first-order valence-corrected chi connectivity index (χ1v) is 11.8. The molecule has 14 heavy (non-hydrogen) atoms. The zero-order valence-corrected chi connectivity index (χ0v) is 12.0. The number of imidazole rings is 1. The second-order valence-electron chi connectivity index (χ2n) is 5.66. The molecule has 1 rings (SSSR count). The first-order chi connectivity index (χ1) is 6.14. The topological polar surface area (TPSA) is 26.9 Å². The summed E-state index contributed by atoms with van der Waals surface area (Å²) in [5.74, 6) is 0. The van der Waals surface area contributed by atoms with Crippen molar-refractivity contribution < 1.29 is 0 Å². The standard InChI is InChI=1S/C9H20N2OSi2/c1-13(2,3)10-7-8-11(9(10)12)14(4,5)6/h7-8H,1-6H3. The van der Waals surface area contributed by atoms with Crippen molar-refractivity contribution in [2.45, 2.75) is 39.3 Å². The average molecular weight is 228 g/mol. The average Bonchev–Trinajstić information content (AvgIpc) is 2.26. The van der Waals surface area contributed by atoms with Crippen LogP contribution in [0.25, 0.3) is 0 Å². The fourth-order valence-corrected chi connectivity index (χ4v) is 3.89. The Bertz CT molecular complexity index is 344. The normalized spacial score (nSPS) is 13.3. The molecule has 0 unspecified atom stereocenters.